The van der Waals surface area contributed by atoms with E-state index in [2.05, 4.69) is 17.5 Å². The average molecular weight is 105 g/mol. The number of aliphatic imine (C=N–C) groups is 1. The van der Waals surface area contributed by atoms with E-state index in [0.717, 1.165) is 18.5 Å². The molecule has 0 bridgehead atoms. The zero-order valence-electron chi connectivity index (χ0n) is 4.80. The van der Waals surface area contributed by atoms with Gasteiger partial charge in [-0.3, -0.25) is 0 Å². The Kier molecular flexibility index (Phi) is 1.78. The van der Waals surface area contributed by atoms with E-state index in [1.54, 1.807) is 0 Å². The maximum absolute atomic E-state index is 4.07. The Morgan fingerprint density at radius 2 is 2.62 bits per heavy atom. The van der Waals surface area contributed by atoms with Gasteiger partial charge in [0.25, 0.3) is 0 Å². The van der Waals surface area contributed by atoms with Crippen LogP contribution < -0.4 is 0 Å². The Hall–Kier alpha value is -0.655. The van der Waals surface area contributed by atoms with Crippen molar-refractivity contribution in [3.05, 3.63) is 12.3 Å². The molecule has 0 atom stereocenters. The van der Waals surface area contributed by atoms with E-state index in [4.69, 9.17) is 0 Å². The van der Waals surface area contributed by atoms with Gasteiger partial charge in [0, 0.05) is 0 Å². The molecule has 1 aliphatic heterocycles. The number of hydrogen-bond acceptors (Lipinski definition) is 1. The average Bonchev–Trinajstić information content (AvgIpc) is 1.90. The normalized spacial score (nSPS) is 17.2. The van der Waals surface area contributed by atoms with E-state index in [1.807, 2.05) is 13.1 Å². The topological polar surface area (TPSA) is 12.4 Å². The molecule has 0 fully saturated rings. The van der Waals surface area contributed by atoms with Crippen LogP contribution in [0.1, 0.15) is 12.8 Å². The molecule has 0 unspecified atom stereocenters. The Morgan fingerprint density at radius 3 is 3.00 bits per heavy atom. The summed E-state index contributed by atoms with van der Waals surface area (Å²) in [5.41, 5.74) is 1.10. The zero-order chi connectivity index (χ0) is 5.82. The third-order valence-electron chi connectivity index (χ3n) is 1.15. The van der Waals surface area contributed by atoms with Crippen molar-refractivity contribution in [2.24, 2.45) is 4.99 Å². The Labute approximate surface area is 50.0 Å². The molecule has 0 aromatic carbocycles. The van der Waals surface area contributed by atoms with E-state index in [0.29, 0.717) is 0 Å². The molecule has 1 aliphatic rings. The summed E-state index contributed by atoms with van der Waals surface area (Å²) in [7, 11) is 0. The molecule has 0 saturated carbocycles. The van der Waals surface area contributed by atoms with Crippen LogP contribution in [0.2, 0.25) is 0 Å². The third-order valence-corrected chi connectivity index (χ3v) is 1.15. The maximum atomic E-state index is 4.07. The second-order valence-electron chi connectivity index (χ2n) is 1.75. The van der Waals surface area contributed by atoms with Crippen LogP contribution in [0.15, 0.2) is 17.3 Å². The van der Waals surface area contributed by atoms with Crippen LogP contribution in [0.25, 0.3) is 0 Å². The molecule has 0 amide bonds. The first-order chi connectivity index (χ1) is 3.93. The summed E-state index contributed by atoms with van der Waals surface area (Å²) in [6.07, 6.45) is 6.07. The van der Waals surface area contributed by atoms with Crippen LogP contribution in [-0.4, -0.2) is 19.0 Å². The molecule has 0 aliphatic carbocycles. The first-order valence-corrected chi connectivity index (χ1v) is 2.77. The van der Waals surface area contributed by atoms with Crippen LogP contribution in [0.5, 0.6) is 0 Å². The number of allylic oxidation sites excluding steroid dienone is 1. The van der Waals surface area contributed by atoms with Crippen LogP contribution in [0.3, 0.4) is 0 Å². The molecule has 8 heavy (non-hydrogen) atoms. The van der Waals surface area contributed by atoms with Crippen LogP contribution in [0.4, 0.5) is 0 Å². The van der Waals surface area contributed by atoms with Gasteiger partial charge in [0.15, 0.2) is 0 Å². The van der Waals surface area contributed by atoms with Crippen molar-refractivity contribution in [1.82, 2.24) is 0 Å². The second-order valence-corrected chi connectivity index (χ2v) is 1.75. The van der Waals surface area contributed by atoms with Gasteiger partial charge >= 0.3 is 49.1 Å². The minimum absolute atomic E-state index is 1.06. The summed E-state index contributed by atoms with van der Waals surface area (Å²) in [6.45, 7) is 5.43. The van der Waals surface area contributed by atoms with Gasteiger partial charge in [0.05, 0.1) is 0 Å². The molecule has 1 heterocycles. The van der Waals surface area contributed by atoms with Crippen molar-refractivity contribution in [2.75, 3.05) is 0 Å². The van der Waals surface area contributed by atoms with Gasteiger partial charge in [-0.1, -0.05) is 0 Å². The van der Waals surface area contributed by atoms with Crippen LogP contribution in [0, 0.1) is 0 Å². The fraction of sp³-hybridized carbons (Fsp3) is 0.333. The molecule has 2 heteroatoms. The van der Waals surface area contributed by atoms with Gasteiger partial charge in [0.2, 0.25) is 0 Å². The molecular formula is C6H8BN. The van der Waals surface area contributed by atoms with E-state index in [-0.39, 0.29) is 0 Å². The molecule has 1 nitrogen and oxygen atoms in total. The number of rotatable bonds is 1. The molecule has 0 N–H and O–H groups in total. The quantitative estimate of drug-likeness (QED) is 0.438. The van der Waals surface area contributed by atoms with Gasteiger partial charge in [-0.25, -0.2) is 0 Å². The van der Waals surface area contributed by atoms with E-state index < -0.39 is 0 Å². The van der Waals surface area contributed by atoms with E-state index in [1.165, 1.54) is 0 Å². The molecule has 1 rings (SSSR count). The molecule has 0 aromatic heterocycles. The van der Waals surface area contributed by atoms with Gasteiger partial charge < -0.3 is 0 Å². The molecular weight excluding hydrogens is 96.9 g/mol. The summed E-state index contributed by atoms with van der Waals surface area (Å²) >= 11 is 0. The summed E-state index contributed by atoms with van der Waals surface area (Å²) in [5, 5.41) is 0. The Balaban J connectivity index is 2.63. The molecule has 0 saturated heterocycles. The summed E-state index contributed by atoms with van der Waals surface area (Å²) in [4.78, 5) is 4.07. The molecule has 40 valence electrons. The summed E-state index contributed by atoms with van der Waals surface area (Å²) in [5.74, 6) is 0. The van der Waals surface area contributed by atoms with Gasteiger partial charge in [-0.2, -0.15) is 0 Å². The van der Waals surface area contributed by atoms with Crippen molar-refractivity contribution in [3.63, 3.8) is 0 Å². The third kappa shape index (κ3) is 1.16. The van der Waals surface area contributed by atoms with Crippen molar-refractivity contribution < 1.29 is 0 Å². The predicted octanol–water partition coefficient (Wildman–Crippen LogP) is 0.829. The number of hydrogen-bond donors (Lipinski definition) is 0. The Bertz CT molecular complexity index is 147. The van der Waals surface area contributed by atoms with Crippen LogP contribution >= 0.6 is 0 Å². The van der Waals surface area contributed by atoms with Crippen molar-refractivity contribution in [1.29, 1.82) is 0 Å². The second kappa shape index (κ2) is 2.60. The monoisotopic (exact) mass is 105 g/mol. The van der Waals surface area contributed by atoms with Gasteiger partial charge in [0.1, 0.15) is 0 Å². The predicted molar refractivity (Wildman–Crippen MR) is 38.7 cm³/mol. The van der Waals surface area contributed by atoms with Crippen molar-refractivity contribution in [3.8, 4) is 0 Å². The van der Waals surface area contributed by atoms with Crippen molar-refractivity contribution in [2.45, 2.75) is 12.8 Å². The molecule has 0 spiro atoms. The minimum atomic E-state index is 1.06. The zero-order valence-corrected chi connectivity index (χ0v) is 4.80. The Morgan fingerprint density at radius 1 is 1.75 bits per heavy atom. The van der Waals surface area contributed by atoms with Crippen molar-refractivity contribution >= 4 is 19.0 Å². The summed E-state index contributed by atoms with van der Waals surface area (Å²) in [6, 6.07) is 0. The molecule has 0 radical (unpaired) electrons. The fourth-order valence-corrected chi connectivity index (χ4v) is 0.674. The van der Waals surface area contributed by atoms with Gasteiger partial charge in [-0.05, 0) is 0 Å². The standard InChI is InChI=1S/C6H8BN/c1-7-6-4-2-3-5-8-6/h3,5H,1-2,4H2. The fourth-order valence-electron chi connectivity index (χ4n) is 0.674. The van der Waals surface area contributed by atoms with Gasteiger partial charge in [-0.15, -0.1) is 0 Å². The van der Waals surface area contributed by atoms with E-state index >= 15 is 0 Å². The van der Waals surface area contributed by atoms with Crippen LogP contribution in [-0.2, 0) is 0 Å². The molecule has 0 aromatic rings. The summed E-state index contributed by atoms with van der Waals surface area (Å²) < 4.78 is 0. The number of nitrogens with zero attached hydrogens (tertiary/aromatic N) is 1. The SMILES string of the molecule is C=BC1=NC=CCC1. The first kappa shape index (κ1) is 5.48. The first-order valence-electron chi connectivity index (χ1n) is 2.77. The van der Waals surface area contributed by atoms with E-state index in [9.17, 15) is 0 Å².